The van der Waals surface area contributed by atoms with Gasteiger partial charge in [-0.15, -0.1) is 0 Å². The molecule has 0 saturated heterocycles. The molecule has 0 radical (unpaired) electrons. The lowest BCUT2D eigenvalue weighted by Crippen LogP contribution is -2.34. The summed E-state index contributed by atoms with van der Waals surface area (Å²) in [7, 11) is 3.66. The molecule has 0 aliphatic rings. The molecular weight excluding hydrogens is 362 g/mol. The Bertz CT molecular complexity index is 1040. The average molecular weight is 388 g/mol. The largest absolute Gasteiger partial charge is 0.495 e. The van der Waals surface area contributed by atoms with Crippen LogP contribution in [0.3, 0.4) is 0 Å². The number of nitrogens with one attached hydrogen (secondary N) is 1. The number of methoxy groups -OCH3 is 1. The molecule has 0 spiro atoms. The molecule has 1 aromatic heterocycles. The summed E-state index contributed by atoms with van der Waals surface area (Å²) in [6.07, 6.45) is 2.06. The minimum absolute atomic E-state index is 0.111. The van der Waals surface area contributed by atoms with E-state index in [1.54, 1.807) is 24.3 Å². The van der Waals surface area contributed by atoms with Crippen LogP contribution in [0.25, 0.3) is 10.9 Å². The summed E-state index contributed by atoms with van der Waals surface area (Å²) >= 11 is 0. The SMILES string of the molecule is COc1ccccc1S(=O)(=O)NC[C@@H](c1cn(C)c2ccccc12)N(C)C. The topological polar surface area (TPSA) is 63.6 Å². The predicted octanol–water partition coefficient (Wildman–Crippen LogP) is 2.77. The Morgan fingerprint density at radius 2 is 1.78 bits per heavy atom. The monoisotopic (exact) mass is 387 g/mol. The molecule has 0 fully saturated rings. The van der Waals surface area contributed by atoms with Crippen LogP contribution in [0, 0.1) is 0 Å². The van der Waals surface area contributed by atoms with Crippen molar-refractivity contribution in [1.82, 2.24) is 14.2 Å². The Kier molecular flexibility index (Phi) is 5.55. The van der Waals surface area contributed by atoms with Gasteiger partial charge in [-0.05, 0) is 37.9 Å². The Morgan fingerprint density at radius 1 is 1.11 bits per heavy atom. The number of rotatable bonds is 7. The molecule has 0 aliphatic heterocycles. The molecule has 0 amide bonds. The first kappa shape index (κ1) is 19.4. The van der Waals surface area contributed by atoms with Crippen LogP contribution in [0.1, 0.15) is 11.6 Å². The number of hydrogen-bond acceptors (Lipinski definition) is 4. The molecule has 3 aromatic rings. The third-order valence-electron chi connectivity index (χ3n) is 4.74. The molecule has 0 unspecified atom stereocenters. The zero-order valence-corrected chi connectivity index (χ0v) is 16.8. The fourth-order valence-corrected chi connectivity index (χ4v) is 4.52. The number of ether oxygens (including phenoxy) is 1. The molecule has 2 aromatic carbocycles. The highest BCUT2D eigenvalue weighted by Crippen LogP contribution is 2.29. The quantitative estimate of drug-likeness (QED) is 0.677. The van der Waals surface area contributed by atoms with Crippen molar-refractivity contribution < 1.29 is 13.2 Å². The van der Waals surface area contributed by atoms with Gasteiger partial charge >= 0.3 is 0 Å². The van der Waals surface area contributed by atoms with Gasteiger partial charge in [0.2, 0.25) is 10.0 Å². The van der Waals surface area contributed by atoms with Gasteiger partial charge < -0.3 is 14.2 Å². The lowest BCUT2D eigenvalue weighted by atomic mass is 10.1. The molecule has 0 aliphatic carbocycles. The maximum atomic E-state index is 12.8. The normalized spacial score (nSPS) is 13.2. The smallest absolute Gasteiger partial charge is 0.244 e. The number of hydrogen-bond donors (Lipinski definition) is 1. The van der Waals surface area contributed by atoms with Crippen LogP contribution >= 0.6 is 0 Å². The van der Waals surface area contributed by atoms with E-state index in [9.17, 15) is 8.42 Å². The van der Waals surface area contributed by atoms with Gasteiger partial charge in [-0.3, -0.25) is 0 Å². The Labute approximate surface area is 160 Å². The summed E-state index contributed by atoms with van der Waals surface area (Å²) in [6, 6.07) is 14.6. The van der Waals surface area contributed by atoms with Crippen LogP contribution in [0.5, 0.6) is 5.75 Å². The fraction of sp³-hybridized carbons (Fsp3) is 0.300. The van der Waals surface area contributed by atoms with E-state index in [4.69, 9.17) is 4.74 Å². The molecule has 144 valence electrons. The van der Waals surface area contributed by atoms with Crippen molar-refractivity contribution in [2.75, 3.05) is 27.7 Å². The molecule has 27 heavy (non-hydrogen) atoms. The van der Waals surface area contributed by atoms with E-state index in [2.05, 4.69) is 27.6 Å². The van der Waals surface area contributed by atoms with Gasteiger partial charge in [-0.2, -0.15) is 0 Å². The Hall–Kier alpha value is -2.35. The number of fused-ring (bicyclic) bond motifs is 1. The van der Waals surface area contributed by atoms with Crippen LogP contribution in [-0.4, -0.2) is 45.6 Å². The van der Waals surface area contributed by atoms with Crippen LogP contribution < -0.4 is 9.46 Å². The average Bonchev–Trinajstić information content (AvgIpc) is 2.98. The second kappa shape index (κ2) is 7.72. The standard InChI is InChI=1S/C20H25N3O3S/c1-22(2)18(16-14-23(3)17-10-6-5-9-15(16)17)13-21-27(24,25)20-12-8-7-11-19(20)26-4/h5-12,14,18,21H,13H2,1-4H3/t18-/m0/s1. The predicted molar refractivity (Wildman–Crippen MR) is 108 cm³/mol. The highest BCUT2D eigenvalue weighted by atomic mass is 32.2. The van der Waals surface area contributed by atoms with Gasteiger partial charge in [0.25, 0.3) is 0 Å². The van der Waals surface area contributed by atoms with Crippen molar-refractivity contribution in [1.29, 1.82) is 0 Å². The number of aryl methyl sites for hydroxylation is 1. The van der Waals surface area contributed by atoms with Crippen molar-refractivity contribution >= 4 is 20.9 Å². The van der Waals surface area contributed by atoms with Gasteiger partial charge in [0.1, 0.15) is 10.6 Å². The van der Waals surface area contributed by atoms with E-state index in [1.807, 2.05) is 38.2 Å². The highest BCUT2D eigenvalue weighted by Gasteiger charge is 2.24. The summed E-state index contributed by atoms with van der Waals surface area (Å²) < 4.78 is 35.7. The van der Waals surface area contributed by atoms with Crippen molar-refractivity contribution in [2.24, 2.45) is 7.05 Å². The second-order valence-corrected chi connectivity index (χ2v) is 8.43. The van der Waals surface area contributed by atoms with E-state index in [0.717, 1.165) is 16.5 Å². The lowest BCUT2D eigenvalue weighted by Gasteiger charge is -2.24. The molecule has 0 bridgehead atoms. The summed E-state index contributed by atoms with van der Waals surface area (Å²) in [5, 5.41) is 1.12. The van der Waals surface area contributed by atoms with Gasteiger partial charge in [0, 0.05) is 36.7 Å². The number of likely N-dealkylation sites (N-methyl/N-ethyl adjacent to an activating group) is 1. The van der Waals surface area contributed by atoms with E-state index >= 15 is 0 Å². The molecule has 1 atom stereocenters. The molecule has 1 N–H and O–H groups in total. The van der Waals surface area contributed by atoms with Gasteiger partial charge in [0.05, 0.1) is 7.11 Å². The summed E-state index contributed by atoms with van der Waals surface area (Å²) in [5.74, 6) is 0.330. The highest BCUT2D eigenvalue weighted by molar-refractivity contribution is 7.89. The number of nitrogens with zero attached hydrogens (tertiary/aromatic N) is 2. The molecule has 6 nitrogen and oxygen atoms in total. The van der Waals surface area contributed by atoms with Crippen LogP contribution in [0.4, 0.5) is 0 Å². The van der Waals surface area contributed by atoms with Crippen molar-refractivity contribution in [3.8, 4) is 5.75 Å². The molecule has 1 heterocycles. The third kappa shape index (κ3) is 3.85. The zero-order valence-electron chi connectivity index (χ0n) is 16.0. The van der Waals surface area contributed by atoms with E-state index in [0.29, 0.717) is 5.75 Å². The zero-order chi connectivity index (χ0) is 19.6. The Balaban J connectivity index is 1.91. The number of benzene rings is 2. The maximum Gasteiger partial charge on any atom is 0.244 e. The van der Waals surface area contributed by atoms with Crippen molar-refractivity contribution in [3.63, 3.8) is 0 Å². The summed E-state index contributed by atoms with van der Waals surface area (Å²) in [6.45, 7) is 0.251. The van der Waals surface area contributed by atoms with Crippen LogP contribution in [-0.2, 0) is 17.1 Å². The lowest BCUT2D eigenvalue weighted by molar-refractivity contribution is 0.300. The molecule has 0 saturated carbocycles. The van der Waals surface area contributed by atoms with E-state index in [-0.39, 0.29) is 17.5 Å². The number of para-hydroxylation sites is 2. The van der Waals surface area contributed by atoms with Crippen LogP contribution in [0.2, 0.25) is 0 Å². The number of aromatic nitrogens is 1. The summed E-state index contributed by atoms with van der Waals surface area (Å²) in [5.41, 5.74) is 2.20. The first-order valence-corrected chi connectivity index (χ1v) is 10.2. The minimum atomic E-state index is -3.69. The van der Waals surface area contributed by atoms with Gasteiger partial charge in [-0.25, -0.2) is 13.1 Å². The molecular formula is C20H25N3O3S. The maximum absolute atomic E-state index is 12.8. The first-order valence-electron chi connectivity index (χ1n) is 8.68. The first-order chi connectivity index (χ1) is 12.8. The van der Waals surface area contributed by atoms with E-state index < -0.39 is 10.0 Å². The van der Waals surface area contributed by atoms with Gasteiger partial charge in [-0.1, -0.05) is 30.3 Å². The van der Waals surface area contributed by atoms with Gasteiger partial charge in [0.15, 0.2) is 0 Å². The van der Waals surface area contributed by atoms with Crippen LogP contribution in [0.15, 0.2) is 59.6 Å². The third-order valence-corrected chi connectivity index (χ3v) is 6.20. The molecule has 3 rings (SSSR count). The van der Waals surface area contributed by atoms with Crippen molar-refractivity contribution in [2.45, 2.75) is 10.9 Å². The summed E-state index contributed by atoms with van der Waals surface area (Å²) in [4.78, 5) is 2.16. The minimum Gasteiger partial charge on any atom is -0.495 e. The Morgan fingerprint density at radius 3 is 2.48 bits per heavy atom. The van der Waals surface area contributed by atoms with Crippen molar-refractivity contribution in [3.05, 3.63) is 60.3 Å². The van der Waals surface area contributed by atoms with E-state index in [1.165, 1.54) is 7.11 Å². The molecule has 7 heteroatoms. The number of sulfonamides is 1. The second-order valence-electron chi connectivity index (χ2n) is 6.69. The fourth-order valence-electron chi connectivity index (χ4n) is 3.32.